The van der Waals surface area contributed by atoms with Gasteiger partial charge in [-0.1, -0.05) is 20.8 Å². The lowest BCUT2D eigenvalue weighted by Crippen LogP contribution is -2.56. The van der Waals surface area contributed by atoms with Crippen molar-refractivity contribution >= 4 is 0 Å². The van der Waals surface area contributed by atoms with Gasteiger partial charge in [0.2, 0.25) is 0 Å². The highest BCUT2D eigenvalue weighted by atomic mass is 16.5. The third-order valence-electron chi connectivity index (χ3n) is 5.36. The van der Waals surface area contributed by atoms with Crippen LogP contribution in [-0.4, -0.2) is 49.3 Å². The molecule has 0 aromatic heterocycles. The van der Waals surface area contributed by atoms with Crippen LogP contribution in [-0.2, 0) is 4.74 Å². The predicted octanol–water partition coefficient (Wildman–Crippen LogP) is 2.90. The molecule has 0 aromatic carbocycles. The summed E-state index contributed by atoms with van der Waals surface area (Å²) in [4.78, 5) is 2.66. The first-order chi connectivity index (χ1) is 9.37. The Balaban J connectivity index is 2.00. The van der Waals surface area contributed by atoms with Gasteiger partial charge in [0.05, 0.1) is 13.2 Å². The van der Waals surface area contributed by atoms with Gasteiger partial charge in [0.1, 0.15) is 0 Å². The summed E-state index contributed by atoms with van der Waals surface area (Å²) < 4.78 is 5.65. The van der Waals surface area contributed by atoms with Crippen molar-refractivity contribution in [2.75, 3.05) is 32.8 Å². The van der Waals surface area contributed by atoms with Crippen LogP contribution in [0.25, 0.3) is 0 Å². The van der Waals surface area contributed by atoms with Gasteiger partial charge >= 0.3 is 0 Å². The third-order valence-corrected chi connectivity index (χ3v) is 5.36. The van der Waals surface area contributed by atoms with E-state index in [1.54, 1.807) is 0 Å². The van der Waals surface area contributed by atoms with Crippen LogP contribution in [0.15, 0.2) is 0 Å². The van der Waals surface area contributed by atoms with E-state index in [0.717, 1.165) is 32.2 Å². The Hall–Kier alpha value is -0.120. The highest BCUT2D eigenvalue weighted by molar-refractivity contribution is 4.98. The van der Waals surface area contributed by atoms with Crippen molar-refractivity contribution in [1.29, 1.82) is 0 Å². The molecule has 1 aliphatic heterocycles. The molecule has 3 nitrogen and oxygen atoms in total. The second-order valence-corrected chi connectivity index (χ2v) is 8.03. The lowest BCUT2D eigenvalue weighted by molar-refractivity contribution is -0.0589. The lowest BCUT2D eigenvalue weighted by atomic mass is 9.84. The van der Waals surface area contributed by atoms with E-state index in [-0.39, 0.29) is 5.54 Å². The molecule has 2 unspecified atom stereocenters. The van der Waals surface area contributed by atoms with Crippen molar-refractivity contribution < 1.29 is 4.74 Å². The highest BCUT2D eigenvalue weighted by Gasteiger charge is 2.43. The Morgan fingerprint density at radius 1 is 1.25 bits per heavy atom. The van der Waals surface area contributed by atoms with E-state index >= 15 is 0 Å². The Morgan fingerprint density at radius 2 is 2.00 bits per heavy atom. The Labute approximate surface area is 125 Å². The number of rotatable bonds is 5. The normalized spacial score (nSPS) is 33.5. The molecule has 2 fully saturated rings. The molecular weight excluding hydrogens is 248 g/mol. The minimum atomic E-state index is 0.195. The molecule has 1 saturated carbocycles. The second kappa shape index (κ2) is 6.33. The van der Waals surface area contributed by atoms with E-state index in [4.69, 9.17) is 4.74 Å². The smallest absolute Gasteiger partial charge is 0.0645 e. The fourth-order valence-electron chi connectivity index (χ4n) is 3.97. The molecule has 2 atom stereocenters. The van der Waals surface area contributed by atoms with E-state index in [2.05, 4.69) is 44.8 Å². The van der Waals surface area contributed by atoms with Crippen LogP contribution in [0.1, 0.15) is 53.9 Å². The molecule has 1 aliphatic carbocycles. The first-order valence-electron chi connectivity index (χ1n) is 8.43. The summed E-state index contributed by atoms with van der Waals surface area (Å²) in [7, 11) is 0. The molecule has 2 aliphatic rings. The molecule has 1 saturated heterocycles. The van der Waals surface area contributed by atoms with Crippen LogP contribution in [0, 0.1) is 11.3 Å². The summed E-state index contributed by atoms with van der Waals surface area (Å²) in [5, 5.41) is 3.83. The van der Waals surface area contributed by atoms with Crippen molar-refractivity contribution in [3.8, 4) is 0 Å². The van der Waals surface area contributed by atoms with Crippen LogP contribution in [0.5, 0.6) is 0 Å². The van der Waals surface area contributed by atoms with Gasteiger partial charge in [0.25, 0.3) is 0 Å². The summed E-state index contributed by atoms with van der Waals surface area (Å²) in [5.41, 5.74) is 0.635. The maximum Gasteiger partial charge on any atom is 0.0645 e. The summed E-state index contributed by atoms with van der Waals surface area (Å²) in [6.45, 7) is 17.0. The van der Waals surface area contributed by atoms with Crippen molar-refractivity contribution in [2.45, 2.75) is 65.5 Å². The van der Waals surface area contributed by atoms with Crippen LogP contribution in [0.3, 0.4) is 0 Å². The van der Waals surface area contributed by atoms with Gasteiger partial charge in [-0.3, -0.25) is 4.90 Å². The largest absolute Gasteiger partial charge is 0.378 e. The van der Waals surface area contributed by atoms with Gasteiger partial charge in [-0.2, -0.15) is 0 Å². The zero-order chi connectivity index (χ0) is 14.8. The standard InChI is InChI=1S/C17H34N2O/c1-6-9-18-15-14(7-8-16(15,2)3)12-19-10-11-20-13-17(19,4)5/h14-15,18H,6-13H2,1-5H3. The van der Waals surface area contributed by atoms with Crippen LogP contribution >= 0.6 is 0 Å². The minimum Gasteiger partial charge on any atom is -0.378 e. The van der Waals surface area contributed by atoms with Gasteiger partial charge in [0, 0.05) is 24.7 Å². The Morgan fingerprint density at radius 3 is 2.65 bits per heavy atom. The molecule has 1 heterocycles. The molecule has 0 aromatic rings. The van der Waals surface area contributed by atoms with Gasteiger partial charge < -0.3 is 10.1 Å². The fraction of sp³-hybridized carbons (Fsp3) is 1.00. The molecule has 0 amide bonds. The number of morpholine rings is 1. The van der Waals surface area contributed by atoms with E-state index in [0.29, 0.717) is 11.5 Å². The van der Waals surface area contributed by atoms with Crippen LogP contribution in [0.2, 0.25) is 0 Å². The maximum atomic E-state index is 5.65. The summed E-state index contributed by atoms with van der Waals surface area (Å²) in [6, 6.07) is 0.668. The number of nitrogens with zero attached hydrogens (tertiary/aromatic N) is 1. The lowest BCUT2D eigenvalue weighted by Gasteiger charge is -2.44. The zero-order valence-electron chi connectivity index (χ0n) is 14.2. The van der Waals surface area contributed by atoms with E-state index in [9.17, 15) is 0 Å². The number of nitrogens with one attached hydrogen (secondary N) is 1. The molecule has 118 valence electrons. The number of hydrogen-bond donors (Lipinski definition) is 1. The van der Waals surface area contributed by atoms with Gasteiger partial charge in [-0.25, -0.2) is 0 Å². The van der Waals surface area contributed by atoms with E-state index in [1.807, 2.05) is 0 Å². The average Bonchev–Trinajstić information content (AvgIpc) is 2.65. The summed E-state index contributed by atoms with van der Waals surface area (Å²) in [6.07, 6.45) is 3.94. The third kappa shape index (κ3) is 3.55. The quantitative estimate of drug-likeness (QED) is 0.839. The molecule has 0 spiro atoms. The van der Waals surface area contributed by atoms with Gasteiger partial charge in [0.15, 0.2) is 0 Å². The minimum absolute atomic E-state index is 0.195. The molecule has 3 heteroatoms. The molecule has 0 radical (unpaired) electrons. The Bertz CT molecular complexity index is 314. The fourth-order valence-corrected chi connectivity index (χ4v) is 3.97. The monoisotopic (exact) mass is 282 g/mol. The first kappa shape index (κ1) is 16.3. The first-order valence-corrected chi connectivity index (χ1v) is 8.43. The molecule has 20 heavy (non-hydrogen) atoms. The SMILES string of the molecule is CCCNC1C(CN2CCOCC2(C)C)CCC1(C)C. The van der Waals surface area contributed by atoms with Crippen molar-refractivity contribution in [3.63, 3.8) is 0 Å². The van der Waals surface area contributed by atoms with E-state index < -0.39 is 0 Å². The van der Waals surface area contributed by atoms with Gasteiger partial charge in [-0.05, 0) is 51.0 Å². The van der Waals surface area contributed by atoms with E-state index in [1.165, 1.54) is 25.8 Å². The number of hydrogen-bond acceptors (Lipinski definition) is 3. The molecule has 2 rings (SSSR count). The highest BCUT2D eigenvalue weighted by Crippen LogP contribution is 2.42. The molecular formula is C17H34N2O. The summed E-state index contributed by atoms with van der Waals surface area (Å²) in [5.74, 6) is 0.786. The van der Waals surface area contributed by atoms with Crippen LogP contribution in [0.4, 0.5) is 0 Å². The second-order valence-electron chi connectivity index (χ2n) is 8.03. The van der Waals surface area contributed by atoms with Gasteiger partial charge in [-0.15, -0.1) is 0 Å². The predicted molar refractivity (Wildman–Crippen MR) is 85.1 cm³/mol. The van der Waals surface area contributed by atoms with Crippen molar-refractivity contribution in [1.82, 2.24) is 10.2 Å². The molecule has 0 bridgehead atoms. The molecule has 1 N–H and O–H groups in total. The topological polar surface area (TPSA) is 24.5 Å². The zero-order valence-corrected chi connectivity index (χ0v) is 14.2. The van der Waals surface area contributed by atoms with Crippen LogP contribution < -0.4 is 5.32 Å². The van der Waals surface area contributed by atoms with Crippen molar-refractivity contribution in [2.24, 2.45) is 11.3 Å². The van der Waals surface area contributed by atoms with Crippen molar-refractivity contribution in [3.05, 3.63) is 0 Å². The summed E-state index contributed by atoms with van der Waals surface area (Å²) >= 11 is 0. The number of ether oxygens (including phenoxy) is 1. The average molecular weight is 282 g/mol. The Kier molecular flexibility index (Phi) is 5.14. The maximum absolute atomic E-state index is 5.65.